The van der Waals surface area contributed by atoms with E-state index in [-0.39, 0.29) is 5.92 Å². The van der Waals surface area contributed by atoms with Gasteiger partial charge < -0.3 is 0 Å². The van der Waals surface area contributed by atoms with Crippen molar-refractivity contribution in [3.8, 4) is 6.07 Å². The summed E-state index contributed by atoms with van der Waals surface area (Å²) in [7, 11) is 0. The standard InChI is InChI=1S/C7H10N/c1-6-3-2-4-7(6)5-8/h7H,2-4H2,1H3. The summed E-state index contributed by atoms with van der Waals surface area (Å²) in [6.45, 7) is 2.08. The summed E-state index contributed by atoms with van der Waals surface area (Å²) in [5.74, 6) is 1.67. The minimum atomic E-state index is 0.287. The summed E-state index contributed by atoms with van der Waals surface area (Å²) in [5.41, 5.74) is 0. The van der Waals surface area contributed by atoms with Crippen molar-refractivity contribution in [1.29, 1.82) is 5.26 Å². The van der Waals surface area contributed by atoms with Crippen LogP contribution in [-0.4, -0.2) is 0 Å². The van der Waals surface area contributed by atoms with Gasteiger partial charge in [0.1, 0.15) is 0 Å². The summed E-state index contributed by atoms with van der Waals surface area (Å²) in [6.07, 6.45) is 3.50. The lowest BCUT2D eigenvalue weighted by Gasteiger charge is -2.01. The Morgan fingerprint density at radius 3 is 2.75 bits per heavy atom. The molecule has 0 aliphatic heterocycles. The van der Waals surface area contributed by atoms with E-state index in [2.05, 4.69) is 13.0 Å². The third-order valence-corrected chi connectivity index (χ3v) is 1.81. The molecule has 1 nitrogen and oxygen atoms in total. The maximum Gasteiger partial charge on any atom is 0.0661 e. The van der Waals surface area contributed by atoms with Gasteiger partial charge in [0.15, 0.2) is 0 Å². The van der Waals surface area contributed by atoms with E-state index in [0.29, 0.717) is 0 Å². The third kappa shape index (κ3) is 0.838. The van der Waals surface area contributed by atoms with Crippen molar-refractivity contribution < 1.29 is 0 Å². The highest BCUT2D eigenvalue weighted by Gasteiger charge is 2.22. The van der Waals surface area contributed by atoms with Gasteiger partial charge in [-0.25, -0.2) is 0 Å². The lowest BCUT2D eigenvalue weighted by Crippen LogP contribution is -1.96. The van der Waals surface area contributed by atoms with Crippen LogP contribution in [0.2, 0.25) is 0 Å². The molecule has 1 aliphatic carbocycles. The third-order valence-electron chi connectivity index (χ3n) is 1.81. The molecule has 1 saturated carbocycles. The van der Waals surface area contributed by atoms with Crippen LogP contribution in [0.1, 0.15) is 26.2 Å². The van der Waals surface area contributed by atoms with Crippen LogP contribution in [0.5, 0.6) is 0 Å². The fraction of sp³-hybridized carbons (Fsp3) is 0.714. The van der Waals surface area contributed by atoms with Crippen LogP contribution in [0.15, 0.2) is 0 Å². The number of rotatable bonds is 0. The summed E-state index contributed by atoms with van der Waals surface area (Å²) < 4.78 is 0. The molecule has 8 heavy (non-hydrogen) atoms. The molecule has 1 aliphatic rings. The highest BCUT2D eigenvalue weighted by Crippen LogP contribution is 2.31. The van der Waals surface area contributed by atoms with Crippen LogP contribution >= 0.6 is 0 Å². The van der Waals surface area contributed by atoms with E-state index in [1.54, 1.807) is 0 Å². The molecule has 0 aromatic heterocycles. The topological polar surface area (TPSA) is 23.8 Å². The molecule has 1 radical (unpaired) electrons. The molecular weight excluding hydrogens is 98.1 g/mol. The Hall–Kier alpha value is -0.510. The van der Waals surface area contributed by atoms with Crippen molar-refractivity contribution in [3.63, 3.8) is 0 Å². The first-order chi connectivity index (χ1) is 3.84. The van der Waals surface area contributed by atoms with E-state index < -0.39 is 0 Å². The van der Waals surface area contributed by atoms with Crippen LogP contribution in [0.25, 0.3) is 0 Å². The molecule has 0 aromatic rings. The SMILES string of the molecule is C[C]1CCCC1C#N. The van der Waals surface area contributed by atoms with Crippen LogP contribution < -0.4 is 0 Å². The monoisotopic (exact) mass is 108 g/mol. The molecule has 1 rings (SSSR count). The van der Waals surface area contributed by atoms with Gasteiger partial charge in [-0.2, -0.15) is 5.26 Å². The van der Waals surface area contributed by atoms with Gasteiger partial charge in [0.05, 0.1) is 12.0 Å². The van der Waals surface area contributed by atoms with Crippen molar-refractivity contribution in [2.45, 2.75) is 26.2 Å². The molecule has 0 bridgehead atoms. The Labute approximate surface area is 50.3 Å². The van der Waals surface area contributed by atoms with E-state index >= 15 is 0 Å². The molecule has 43 valence electrons. The van der Waals surface area contributed by atoms with E-state index in [0.717, 1.165) is 6.42 Å². The molecule has 0 saturated heterocycles. The second kappa shape index (κ2) is 2.17. The maximum atomic E-state index is 8.47. The quantitative estimate of drug-likeness (QED) is 0.465. The normalized spacial score (nSPS) is 30.2. The first-order valence-corrected chi connectivity index (χ1v) is 3.06. The van der Waals surface area contributed by atoms with Crippen molar-refractivity contribution in [2.75, 3.05) is 0 Å². The summed E-state index contributed by atoms with van der Waals surface area (Å²) in [5, 5.41) is 8.47. The van der Waals surface area contributed by atoms with Gasteiger partial charge in [0, 0.05) is 0 Å². The van der Waals surface area contributed by atoms with Gasteiger partial charge in [-0.3, -0.25) is 0 Å². The minimum Gasteiger partial charge on any atom is -0.198 e. The molecule has 1 heteroatoms. The Morgan fingerprint density at radius 2 is 2.50 bits per heavy atom. The van der Waals surface area contributed by atoms with Crippen LogP contribution in [-0.2, 0) is 0 Å². The predicted octanol–water partition coefficient (Wildman–Crippen LogP) is 1.90. The Bertz CT molecular complexity index is 112. The van der Waals surface area contributed by atoms with Gasteiger partial charge in [-0.05, 0) is 18.8 Å². The fourth-order valence-corrected chi connectivity index (χ4v) is 1.18. The molecule has 1 fully saturated rings. The Kier molecular flexibility index (Phi) is 1.53. The van der Waals surface area contributed by atoms with Gasteiger partial charge >= 0.3 is 0 Å². The summed E-state index contributed by atoms with van der Waals surface area (Å²) in [4.78, 5) is 0. The molecule has 0 heterocycles. The van der Waals surface area contributed by atoms with Crippen molar-refractivity contribution in [2.24, 2.45) is 5.92 Å². The fourth-order valence-electron chi connectivity index (χ4n) is 1.18. The zero-order valence-electron chi connectivity index (χ0n) is 5.15. The Balaban J connectivity index is 2.45. The van der Waals surface area contributed by atoms with Gasteiger partial charge in [-0.15, -0.1) is 0 Å². The first kappa shape index (κ1) is 5.62. The lowest BCUT2D eigenvalue weighted by atomic mass is 10.0. The van der Waals surface area contributed by atoms with E-state index in [1.807, 2.05) is 0 Å². The van der Waals surface area contributed by atoms with Gasteiger partial charge in [-0.1, -0.05) is 13.3 Å². The number of nitriles is 1. The van der Waals surface area contributed by atoms with Crippen molar-refractivity contribution in [3.05, 3.63) is 5.92 Å². The summed E-state index contributed by atoms with van der Waals surface area (Å²) in [6, 6.07) is 2.28. The molecule has 1 unspecified atom stereocenters. The lowest BCUT2D eigenvalue weighted by molar-refractivity contribution is 0.732. The highest BCUT2D eigenvalue weighted by atomic mass is 14.3. The molecule has 0 amide bonds. The van der Waals surface area contributed by atoms with Gasteiger partial charge in [0.2, 0.25) is 0 Å². The first-order valence-electron chi connectivity index (χ1n) is 3.06. The zero-order valence-corrected chi connectivity index (χ0v) is 5.15. The van der Waals surface area contributed by atoms with Crippen molar-refractivity contribution in [1.82, 2.24) is 0 Å². The number of hydrogen-bond donors (Lipinski definition) is 0. The molecule has 0 aromatic carbocycles. The molecule has 0 N–H and O–H groups in total. The Morgan fingerprint density at radius 1 is 1.75 bits per heavy atom. The minimum absolute atomic E-state index is 0.287. The van der Waals surface area contributed by atoms with Crippen LogP contribution in [0.4, 0.5) is 0 Å². The van der Waals surface area contributed by atoms with E-state index in [4.69, 9.17) is 5.26 Å². The average molecular weight is 108 g/mol. The molecule has 1 atom stereocenters. The van der Waals surface area contributed by atoms with E-state index in [9.17, 15) is 0 Å². The van der Waals surface area contributed by atoms with Crippen LogP contribution in [0, 0.1) is 23.2 Å². The maximum absolute atomic E-state index is 8.47. The van der Waals surface area contributed by atoms with Crippen LogP contribution in [0.3, 0.4) is 0 Å². The second-order valence-electron chi connectivity index (χ2n) is 2.42. The average Bonchev–Trinajstić information content (AvgIpc) is 2.14. The predicted molar refractivity (Wildman–Crippen MR) is 31.9 cm³/mol. The van der Waals surface area contributed by atoms with E-state index in [1.165, 1.54) is 18.8 Å². The molecular formula is C7H10N. The van der Waals surface area contributed by atoms with Gasteiger partial charge in [0.25, 0.3) is 0 Å². The molecule has 0 spiro atoms. The smallest absolute Gasteiger partial charge is 0.0661 e. The van der Waals surface area contributed by atoms with Crippen molar-refractivity contribution >= 4 is 0 Å². The largest absolute Gasteiger partial charge is 0.198 e. The second-order valence-corrected chi connectivity index (χ2v) is 2.42. The number of nitrogens with zero attached hydrogens (tertiary/aromatic N) is 1. The number of hydrogen-bond acceptors (Lipinski definition) is 1. The highest BCUT2D eigenvalue weighted by molar-refractivity contribution is 5.07. The summed E-state index contributed by atoms with van der Waals surface area (Å²) >= 11 is 0. The zero-order chi connectivity index (χ0) is 5.98.